The van der Waals surface area contributed by atoms with E-state index in [4.69, 9.17) is 9.47 Å². The number of ether oxygens (including phenoxy) is 2. The molecule has 0 aromatic rings. The highest BCUT2D eigenvalue weighted by atomic mass is 16.5. The fourth-order valence-electron chi connectivity index (χ4n) is 2.02. The molecule has 0 unspecified atom stereocenters. The molecule has 1 aliphatic carbocycles. The molecule has 0 aromatic carbocycles. The van der Waals surface area contributed by atoms with Gasteiger partial charge in [0.2, 0.25) is 0 Å². The molecular weight excluding hydrogens is 284 g/mol. The minimum absolute atomic E-state index is 0.0351. The summed E-state index contributed by atoms with van der Waals surface area (Å²) in [6, 6.07) is 0. The molecule has 5 heteroatoms. The van der Waals surface area contributed by atoms with Gasteiger partial charge in [-0.05, 0) is 25.5 Å². The van der Waals surface area contributed by atoms with E-state index in [1.54, 1.807) is 13.0 Å². The van der Waals surface area contributed by atoms with Gasteiger partial charge in [0.15, 0.2) is 0 Å². The number of esters is 2. The zero-order valence-corrected chi connectivity index (χ0v) is 13.6. The highest BCUT2D eigenvalue weighted by Crippen LogP contribution is 2.35. The van der Waals surface area contributed by atoms with Crippen LogP contribution >= 0.6 is 0 Å². The molecule has 0 spiro atoms. The van der Waals surface area contributed by atoms with E-state index in [0.717, 1.165) is 11.9 Å². The van der Waals surface area contributed by atoms with E-state index in [1.807, 2.05) is 26.8 Å². The number of hydrogen-bond donors (Lipinski definition) is 0. The summed E-state index contributed by atoms with van der Waals surface area (Å²) in [5.74, 6) is -0.994. The highest BCUT2D eigenvalue weighted by molar-refractivity contribution is 5.85. The molecule has 120 valence electrons. The van der Waals surface area contributed by atoms with E-state index in [-0.39, 0.29) is 12.0 Å². The first kappa shape index (κ1) is 17.9. The maximum absolute atomic E-state index is 11.9. The highest BCUT2D eigenvalue weighted by Gasteiger charge is 2.29. The van der Waals surface area contributed by atoms with Gasteiger partial charge < -0.3 is 9.47 Å². The lowest BCUT2D eigenvalue weighted by Crippen LogP contribution is -2.27. The van der Waals surface area contributed by atoms with Crippen LogP contribution in [0.2, 0.25) is 0 Å². The van der Waals surface area contributed by atoms with Gasteiger partial charge in [-0.25, -0.2) is 4.79 Å². The Labute approximate surface area is 130 Å². The summed E-state index contributed by atoms with van der Waals surface area (Å²) in [6.07, 6.45) is 4.94. The molecule has 0 heterocycles. The van der Waals surface area contributed by atoms with Gasteiger partial charge in [0, 0.05) is 24.0 Å². The largest absolute Gasteiger partial charge is 0.461 e. The van der Waals surface area contributed by atoms with Gasteiger partial charge in [-0.1, -0.05) is 25.5 Å². The second-order valence-electron chi connectivity index (χ2n) is 5.91. The molecule has 0 bridgehead atoms. The van der Waals surface area contributed by atoms with Crippen molar-refractivity contribution < 1.29 is 23.9 Å². The maximum atomic E-state index is 11.9. The molecule has 0 aliphatic heterocycles. The predicted octanol–water partition coefficient (Wildman–Crippen LogP) is 2.52. The van der Waals surface area contributed by atoms with Crippen LogP contribution in [-0.2, 0) is 23.9 Å². The van der Waals surface area contributed by atoms with E-state index in [0.29, 0.717) is 11.1 Å². The van der Waals surface area contributed by atoms with E-state index in [1.165, 1.54) is 13.0 Å². The SMILES string of the molecule is CC(=O)OC/C(C)=C/C(=O)O[C@H]1C=CC(C)(C)C(C)=C1C=O. The van der Waals surface area contributed by atoms with Gasteiger partial charge in [-0.2, -0.15) is 0 Å². The van der Waals surface area contributed by atoms with Gasteiger partial charge in [0.25, 0.3) is 0 Å². The molecular formula is C17H22O5. The first-order chi connectivity index (χ1) is 10.2. The average molecular weight is 306 g/mol. The smallest absolute Gasteiger partial charge is 0.331 e. The fourth-order valence-corrected chi connectivity index (χ4v) is 2.02. The topological polar surface area (TPSA) is 69.7 Å². The molecule has 0 radical (unpaired) electrons. The van der Waals surface area contributed by atoms with Crippen molar-refractivity contribution in [2.75, 3.05) is 6.61 Å². The molecule has 0 saturated carbocycles. The number of allylic oxidation sites excluding steroid dienone is 2. The lowest BCUT2D eigenvalue weighted by molar-refractivity contribution is -0.141. The number of carbonyl (C=O) groups is 3. The lowest BCUT2D eigenvalue weighted by atomic mass is 9.77. The zero-order valence-electron chi connectivity index (χ0n) is 13.6. The first-order valence-electron chi connectivity index (χ1n) is 7.04. The minimum Gasteiger partial charge on any atom is -0.461 e. The standard InChI is InChI=1S/C17H22O5/c1-11(10-21-13(3)19)8-16(20)22-15-6-7-17(4,5)12(2)14(15)9-18/h6-9,15H,10H2,1-5H3/b11-8+/t15-/m0/s1. The molecule has 0 N–H and O–H groups in total. The van der Waals surface area contributed by atoms with E-state index in [2.05, 4.69) is 0 Å². The van der Waals surface area contributed by atoms with E-state index in [9.17, 15) is 14.4 Å². The third-order valence-corrected chi connectivity index (χ3v) is 3.63. The van der Waals surface area contributed by atoms with E-state index < -0.39 is 18.0 Å². The second kappa shape index (κ2) is 7.20. The summed E-state index contributed by atoms with van der Waals surface area (Å²) in [7, 11) is 0. The molecule has 0 aromatic heterocycles. The molecule has 0 saturated heterocycles. The zero-order chi connectivity index (χ0) is 16.9. The van der Waals surface area contributed by atoms with E-state index >= 15 is 0 Å². The minimum atomic E-state index is -0.684. The Morgan fingerprint density at radius 3 is 2.50 bits per heavy atom. The van der Waals surface area contributed by atoms with Crippen LogP contribution < -0.4 is 0 Å². The number of rotatable bonds is 5. The quantitative estimate of drug-likeness (QED) is 0.338. The normalized spacial score (nSPS) is 20.6. The molecule has 0 fully saturated rings. The van der Waals surface area contributed by atoms with Crippen LogP contribution in [0.25, 0.3) is 0 Å². The summed E-state index contributed by atoms with van der Waals surface area (Å²) in [6.45, 7) is 8.83. The van der Waals surface area contributed by atoms with Crippen molar-refractivity contribution in [1.29, 1.82) is 0 Å². The van der Waals surface area contributed by atoms with Crippen LogP contribution in [-0.4, -0.2) is 30.9 Å². The lowest BCUT2D eigenvalue weighted by Gasteiger charge is -2.30. The molecule has 1 rings (SSSR count). The average Bonchev–Trinajstić information content (AvgIpc) is 2.41. The molecule has 0 amide bonds. The molecule has 1 aliphatic rings. The van der Waals surface area contributed by atoms with Crippen molar-refractivity contribution >= 4 is 18.2 Å². The van der Waals surface area contributed by atoms with Gasteiger partial charge >= 0.3 is 11.9 Å². The molecule has 22 heavy (non-hydrogen) atoms. The van der Waals surface area contributed by atoms with Crippen molar-refractivity contribution in [3.8, 4) is 0 Å². The Kier molecular flexibility index (Phi) is 5.85. The van der Waals surface area contributed by atoms with Crippen LogP contribution in [0.15, 0.2) is 34.9 Å². The number of aldehydes is 1. The fraction of sp³-hybridized carbons (Fsp3) is 0.471. The van der Waals surface area contributed by atoms with Crippen LogP contribution in [0, 0.1) is 5.41 Å². The predicted molar refractivity (Wildman–Crippen MR) is 82.0 cm³/mol. The number of carbonyl (C=O) groups excluding carboxylic acids is 3. The first-order valence-corrected chi connectivity index (χ1v) is 7.04. The summed E-state index contributed by atoms with van der Waals surface area (Å²) in [5.41, 5.74) is 1.67. The van der Waals surface area contributed by atoms with Crippen molar-refractivity contribution in [3.05, 3.63) is 34.9 Å². The van der Waals surface area contributed by atoms with Gasteiger partial charge in [0.1, 0.15) is 19.0 Å². The monoisotopic (exact) mass is 306 g/mol. The Morgan fingerprint density at radius 2 is 1.95 bits per heavy atom. The third-order valence-electron chi connectivity index (χ3n) is 3.63. The third kappa shape index (κ3) is 4.69. The Hall–Kier alpha value is -2.17. The number of hydrogen-bond acceptors (Lipinski definition) is 5. The summed E-state index contributed by atoms with van der Waals surface area (Å²) in [5, 5.41) is 0. The van der Waals surface area contributed by atoms with Gasteiger partial charge in [-0.15, -0.1) is 0 Å². The van der Waals surface area contributed by atoms with Crippen LogP contribution in [0.3, 0.4) is 0 Å². The van der Waals surface area contributed by atoms with Gasteiger partial charge in [-0.3, -0.25) is 9.59 Å². The second-order valence-corrected chi connectivity index (χ2v) is 5.91. The van der Waals surface area contributed by atoms with Crippen LogP contribution in [0.1, 0.15) is 34.6 Å². The molecule has 1 atom stereocenters. The van der Waals surface area contributed by atoms with Crippen molar-refractivity contribution in [2.24, 2.45) is 5.41 Å². The van der Waals surface area contributed by atoms with Crippen molar-refractivity contribution in [2.45, 2.75) is 40.7 Å². The summed E-state index contributed by atoms with van der Waals surface area (Å²) in [4.78, 5) is 33.9. The van der Waals surface area contributed by atoms with Gasteiger partial charge in [0.05, 0.1) is 0 Å². The van der Waals surface area contributed by atoms with Crippen molar-refractivity contribution in [1.82, 2.24) is 0 Å². The molecule has 5 nitrogen and oxygen atoms in total. The Balaban J connectivity index is 2.78. The Bertz CT molecular complexity index is 564. The Morgan fingerprint density at radius 1 is 1.32 bits per heavy atom. The van der Waals surface area contributed by atoms with Crippen LogP contribution in [0.4, 0.5) is 0 Å². The summed E-state index contributed by atoms with van der Waals surface area (Å²) >= 11 is 0. The maximum Gasteiger partial charge on any atom is 0.331 e. The van der Waals surface area contributed by atoms with Crippen LogP contribution in [0.5, 0.6) is 0 Å². The summed E-state index contributed by atoms with van der Waals surface area (Å²) < 4.78 is 10.1. The van der Waals surface area contributed by atoms with Crippen molar-refractivity contribution in [3.63, 3.8) is 0 Å².